The SMILES string of the molecule is COc1cc(C2CC(c3ccc(-c4cc(F)cc(F)c4)nc3C)=NN2)cc(OC)c1OC. The molecule has 0 saturated carbocycles. The van der Waals surface area contributed by atoms with Gasteiger partial charge in [0.05, 0.1) is 38.8 Å². The molecule has 32 heavy (non-hydrogen) atoms. The van der Waals surface area contributed by atoms with Gasteiger partial charge in [-0.05, 0) is 48.9 Å². The Kier molecular flexibility index (Phi) is 5.94. The predicted molar refractivity (Wildman–Crippen MR) is 117 cm³/mol. The summed E-state index contributed by atoms with van der Waals surface area (Å²) in [6, 6.07) is 10.7. The van der Waals surface area contributed by atoms with Crippen LogP contribution in [0.1, 0.15) is 29.3 Å². The molecule has 4 rings (SSSR count). The number of methoxy groups -OCH3 is 3. The lowest BCUT2D eigenvalue weighted by molar-refractivity contribution is 0.323. The van der Waals surface area contributed by atoms with Crippen LogP contribution in [0.4, 0.5) is 8.78 Å². The molecule has 1 atom stereocenters. The van der Waals surface area contributed by atoms with E-state index in [9.17, 15) is 8.78 Å². The Morgan fingerprint density at radius 3 is 2.12 bits per heavy atom. The number of hydrogen-bond donors (Lipinski definition) is 1. The molecule has 1 unspecified atom stereocenters. The molecular weight excluding hydrogens is 416 g/mol. The first-order valence-corrected chi connectivity index (χ1v) is 10.00. The number of aromatic nitrogens is 1. The van der Waals surface area contributed by atoms with Crippen molar-refractivity contribution >= 4 is 5.71 Å². The molecule has 2 heterocycles. The number of nitrogens with one attached hydrogen (secondary N) is 1. The Hall–Kier alpha value is -3.68. The van der Waals surface area contributed by atoms with E-state index < -0.39 is 11.6 Å². The highest BCUT2D eigenvalue weighted by atomic mass is 19.1. The van der Waals surface area contributed by atoms with E-state index in [0.717, 1.165) is 28.6 Å². The quantitative estimate of drug-likeness (QED) is 0.598. The van der Waals surface area contributed by atoms with Crippen molar-refractivity contribution < 1.29 is 23.0 Å². The summed E-state index contributed by atoms with van der Waals surface area (Å²) in [5, 5.41) is 4.50. The summed E-state index contributed by atoms with van der Waals surface area (Å²) in [6.07, 6.45) is 0.620. The van der Waals surface area contributed by atoms with Crippen LogP contribution >= 0.6 is 0 Å². The lowest BCUT2D eigenvalue weighted by Gasteiger charge is -2.17. The summed E-state index contributed by atoms with van der Waals surface area (Å²) in [6.45, 7) is 1.85. The summed E-state index contributed by atoms with van der Waals surface area (Å²) < 4.78 is 43.4. The number of aryl methyl sites for hydroxylation is 1. The van der Waals surface area contributed by atoms with E-state index in [4.69, 9.17) is 14.2 Å². The molecular formula is C24H23F2N3O3. The van der Waals surface area contributed by atoms with E-state index in [1.807, 2.05) is 25.1 Å². The molecule has 0 aliphatic carbocycles. The average molecular weight is 439 g/mol. The molecule has 6 nitrogen and oxygen atoms in total. The number of benzene rings is 2. The number of nitrogens with zero attached hydrogens (tertiary/aromatic N) is 2. The molecule has 1 aliphatic heterocycles. The minimum Gasteiger partial charge on any atom is -0.493 e. The van der Waals surface area contributed by atoms with Crippen molar-refractivity contribution in [2.24, 2.45) is 5.10 Å². The lowest BCUT2D eigenvalue weighted by atomic mass is 9.97. The van der Waals surface area contributed by atoms with Crippen molar-refractivity contribution in [3.05, 3.63) is 70.9 Å². The maximum absolute atomic E-state index is 13.6. The van der Waals surface area contributed by atoms with Crippen molar-refractivity contribution in [1.82, 2.24) is 10.4 Å². The predicted octanol–water partition coefficient (Wildman–Crippen LogP) is 4.80. The van der Waals surface area contributed by atoms with Gasteiger partial charge >= 0.3 is 0 Å². The molecule has 0 bridgehead atoms. The van der Waals surface area contributed by atoms with Gasteiger partial charge in [-0.3, -0.25) is 4.98 Å². The third kappa shape index (κ3) is 4.08. The van der Waals surface area contributed by atoms with Crippen LogP contribution in [0, 0.1) is 18.6 Å². The summed E-state index contributed by atoms with van der Waals surface area (Å²) in [5.74, 6) is 0.396. The number of pyridine rings is 1. The lowest BCUT2D eigenvalue weighted by Crippen LogP contribution is -2.11. The summed E-state index contributed by atoms with van der Waals surface area (Å²) in [5.41, 5.74) is 7.41. The van der Waals surface area contributed by atoms with Gasteiger partial charge in [0.1, 0.15) is 11.6 Å². The molecule has 0 amide bonds. The van der Waals surface area contributed by atoms with Crippen LogP contribution in [0.25, 0.3) is 11.3 Å². The third-order valence-electron chi connectivity index (χ3n) is 5.40. The molecule has 1 aromatic heterocycles. The van der Waals surface area contributed by atoms with Crippen LogP contribution in [0.3, 0.4) is 0 Å². The molecule has 0 saturated heterocycles. The van der Waals surface area contributed by atoms with Gasteiger partial charge < -0.3 is 19.6 Å². The largest absolute Gasteiger partial charge is 0.493 e. The summed E-state index contributed by atoms with van der Waals surface area (Å²) in [4.78, 5) is 4.55. The van der Waals surface area contributed by atoms with Gasteiger partial charge in [-0.2, -0.15) is 5.10 Å². The number of hydrogen-bond acceptors (Lipinski definition) is 6. The number of ether oxygens (including phenoxy) is 3. The zero-order valence-corrected chi connectivity index (χ0v) is 18.2. The molecule has 0 radical (unpaired) electrons. The Bertz CT molecular complexity index is 1150. The highest BCUT2D eigenvalue weighted by Crippen LogP contribution is 2.41. The molecule has 1 N–H and O–H groups in total. The number of hydrazone groups is 1. The number of halogens is 2. The van der Waals surface area contributed by atoms with Gasteiger partial charge in [-0.25, -0.2) is 8.78 Å². The van der Waals surface area contributed by atoms with Gasteiger partial charge in [0.2, 0.25) is 5.75 Å². The van der Waals surface area contributed by atoms with Gasteiger partial charge in [-0.15, -0.1) is 0 Å². The van der Waals surface area contributed by atoms with Crippen molar-refractivity contribution in [1.29, 1.82) is 0 Å². The highest BCUT2D eigenvalue weighted by Gasteiger charge is 2.25. The molecule has 2 aromatic carbocycles. The van der Waals surface area contributed by atoms with E-state index in [1.165, 1.54) is 12.1 Å². The van der Waals surface area contributed by atoms with Crippen LogP contribution in [-0.2, 0) is 0 Å². The Labute approximate surface area is 184 Å². The fraction of sp³-hybridized carbons (Fsp3) is 0.250. The first kappa shape index (κ1) is 21.5. The fourth-order valence-corrected chi connectivity index (χ4v) is 3.83. The standard InChI is InChI=1S/C24H23F2N3O3/c1-13-18(5-6-19(27-13)14-7-16(25)11-17(26)8-14)21-12-20(28-29-21)15-9-22(30-2)24(32-4)23(10-15)31-3/h5-11,20,28H,12H2,1-4H3. The van der Waals surface area contributed by atoms with Crippen LogP contribution < -0.4 is 19.6 Å². The monoisotopic (exact) mass is 439 g/mol. The van der Waals surface area contributed by atoms with Gasteiger partial charge in [-0.1, -0.05) is 0 Å². The molecule has 3 aromatic rings. The fourth-order valence-electron chi connectivity index (χ4n) is 3.83. The molecule has 0 spiro atoms. The average Bonchev–Trinajstić information content (AvgIpc) is 3.27. The second-order valence-electron chi connectivity index (χ2n) is 7.39. The summed E-state index contributed by atoms with van der Waals surface area (Å²) >= 11 is 0. The van der Waals surface area contributed by atoms with Crippen LogP contribution in [0.2, 0.25) is 0 Å². The van der Waals surface area contributed by atoms with Crippen molar-refractivity contribution in [2.45, 2.75) is 19.4 Å². The van der Waals surface area contributed by atoms with Crippen LogP contribution in [0.5, 0.6) is 17.2 Å². The van der Waals surface area contributed by atoms with E-state index in [-0.39, 0.29) is 6.04 Å². The molecule has 8 heteroatoms. The third-order valence-corrected chi connectivity index (χ3v) is 5.40. The molecule has 1 aliphatic rings. The van der Waals surface area contributed by atoms with Crippen molar-refractivity contribution in [3.8, 4) is 28.5 Å². The first-order valence-electron chi connectivity index (χ1n) is 10.00. The minimum absolute atomic E-state index is 0.0879. The minimum atomic E-state index is -0.638. The van der Waals surface area contributed by atoms with Crippen LogP contribution in [0.15, 0.2) is 47.6 Å². The zero-order valence-electron chi connectivity index (χ0n) is 18.2. The maximum atomic E-state index is 13.6. The highest BCUT2D eigenvalue weighted by molar-refractivity contribution is 6.02. The van der Waals surface area contributed by atoms with E-state index in [1.54, 1.807) is 27.4 Å². The topological polar surface area (TPSA) is 65.0 Å². The Morgan fingerprint density at radius 2 is 1.56 bits per heavy atom. The summed E-state index contributed by atoms with van der Waals surface area (Å²) in [7, 11) is 4.71. The number of rotatable bonds is 6. The van der Waals surface area contributed by atoms with E-state index in [0.29, 0.717) is 34.9 Å². The Morgan fingerprint density at radius 1 is 0.906 bits per heavy atom. The first-order chi connectivity index (χ1) is 15.4. The van der Waals surface area contributed by atoms with Crippen molar-refractivity contribution in [3.63, 3.8) is 0 Å². The molecule has 166 valence electrons. The van der Waals surface area contributed by atoms with Crippen molar-refractivity contribution in [2.75, 3.05) is 21.3 Å². The van der Waals surface area contributed by atoms with Gasteiger partial charge in [0.25, 0.3) is 0 Å². The zero-order chi connectivity index (χ0) is 22.8. The second kappa shape index (κ2) is 8.82. The van der Waals surface area contributed by atoms with Gasteiger partial charge in [0, 0.05) is 29.3 Å². The van der Waals surface area contributed by atoms with E-state index in [2.05, 4.69) is 15.5 Å². The normalized spacial score (nSPS) is 15.2. The molecule has 0 fully saturated rings. The van der Waals surface area contributed by atoms with Crippen LogP contribution in [-0.4, -0.2) is 32.0 Å². The second-order valence-corrected chi connectivity index (χ2v) is 7.39. The smallest absolute Gasteiger partial charge is 0.203 e. The van der Waals surface area contributed by atoms with E-state index >= 15 is 0 Å². The van der Waals surface area contributed by atoms with Gasteiger partial charge in [0.15, 0.2) is 11.5 Å². The Balaban J connectivity index is 1.58. The maximum Gasteiger partial charge on any atom is 0.203 e.